The fourth-order valence-electron chi connectivity index (χ4n) is 1.58. The average molecular weight is 312 g/mol. The van der Waals surface area contributed by atoms with Crippen LogP contribution >= 0.6 is 15.9 Å². The third-order valence-corrected chi connectivity index (χ3v) is 5.95. The zero-order valence-corrected chi connectivity index (χ0v) is 12.0. The number of sulfone groups is 1. The van der Waals surface area contributed by atoms with Gasteiger partial charge in [-0.2, -0.15) is 0 Å². The van der Waals surface area contributed by atoms with Crippen molar-refractivity contribution in [3.05, 3.63) is 0 Å². The standard InChI is InChI=1S/C10H18BrNO3S/c1-7(2)9(11)5-12-10(13)8-3-4-16(14,15)6-8/h7-9H,3-6H2,1-2H3,(H,12,13). The van der Waals surface area contributed by atoms with Crippen LogP contribution in [0.5, 0.6) is 0 Å². The first kappa shape index (κ1) is 14.0. The van der Waals surface area contributed by atoms with Crippen LogP contribution in [0.2, 0.25) is 0 Å². The molecule has 1 aliphatic rings. The third kappa shape index (κ3) is 4.05. The molecule has 1 fully saturated rings. The molecule has 0 aromatic carbocycles. The largest absolute Gasteiger partial charge is 0.355 e. The highest BCUT2D eigenvalue weighted by Crippen LogP contribution is 2.18. The monoisotopic (exact) mass is 311 g/mol. The van der Waals surface area contributed by atoms with Crippen LogP contribution in [0.3, 0.4) is 0 Å². The molecule has 6 heteroatoms. The second-order valence-corrected chi connectivity index (χ2v) is 8.01. The highest BCUT2D eigenvalue weighted by Gasteiger charge is 2.32. The van der Waals surface area contributed by atoms with E-state index in [4.69, 9.17) is 0 Å². The molecular formula is C10H18BrNO3S. The summed E-state index contributed by atoms with van der Waals surface area (Å²) in [7, 11) is -2.97. The van der Waals surface area contributed by atoms with Crippen molar-refractivity contribution in [1.29, 1.82) is 0 Å². The Morgan fingerprint density at radius 3 is 2.56 bits per heavy atom. The summed E-state index contributed by atoms with van der Waals surface area (Å²) in [6.45, 7) is 4.67. The topological polar surface area (TPSA) is 63.2 Å². The van der Waals surface area contributed by atoms with E-state index >= 15 is 0 Å². The zero-order chi connectivity index (χ0) is 12.3. The second-order valence-electron chi connectivity index (χ2n) is 4.61. The maximum atomic E-state index is 11.7. The van der Waals surface area contributed by atoms with Crippen LogP contribution in [0.4, 0.5) is 0 Å². The van der Waals surface area contributed by atoms with Crippen LogP contribution in [0.15, 0.2) is 0 Å². The van der Waals surface area contributed by atoms with Gasteiger partial charge in [-0.1, -0.05) is 29.8 Å². The number of amides is 1. The van der Waals surface area contributed by atoms with Gasteiger partial charge >= 0.3 is 0 Å². The predicted molar refractivity (Wildman–Crippen MR) is 67.3 cm³/mol. The van der Waals surface area contributed by atoms with E-state index in [1.54, 1.807) is 0 Å². The van der Waals surface area contributed by atoms with E-state index in [9.17, 15) is 13.2 Å². The Labute approximate surface area is 105 Å². The molecule has 0 bridgehead atoms. The number of hydrogen-bond donors (Lipinski definition) is 1. The molecule has 16 heavy (non-hydrogen) atoms. The molecule has 94 valence electrons. The van der Waals surface area contributed by atoms with Crippen molar-refractivity contribution in [2.75, 3.05) is 18.1 Å². The fourth-order valence-corrected chi connectivity index (χ4v) is 3.48. The molecule has 0 radical (unpaired) electrons. The van der Waals surface area contributed by atoms with Crippen LogP contribution < -0.4 is 5.32 Å². The van der Waals surface area contributed by atoms with Crippen LogP contribution in [0.1, 0.15) is 20.3 Å². The number of nitrogens with one attached hydrogen (secondary N) is 1. The molecule has 1 amide bonds. The quantitative estimate of drug-likeness (QED) is 0.787. The highest BCUT2D eigenvalue weighted by molar-refractivity contribution is 9.09. The van der Waals surface area contributed by atoms with Crippen molar-refractivity contribution in [1.82, 2.24) is 5.32 Å². The second kappa shape index (κ2) is 5.49. The first-order valence-corrected chi connectivity index (χ1v) is 8.18. The summed E-state index contributed by atoms with van der Waals surface area (Å²) in [5.41, 5.74) is 0. The van der Waals surface area contributed by atoms with Gasteiger partial charge in [0.1, 0.15) is 0 Å². The van der Waals surface area contributed by atoms with Crippen molar-refractivity contribution >= 4 is 31.7 Å². The molecule has 2 unspecified atom stereocenters. The summed E-state index contributed by atoms with van der Waals surface area (Å²) in [5.74, 6) is 0.108. The SMILES string of the molecule is CC(C)C(Br)CNC(=O)C1CCS(=O)(=O)C1. The number of carbonyl (C=O) groups is 1. The van der Waals surface area contributed by atoms with Gasteiger partial charge < -0.3 is 5.32 Å². The van der Waals surface area contributed by atoms with Crippen LogP contribution in [-0.2, 0) is 14.6 Å². The van der Waals surface area contributed by atoms with Crippen molar-refractivity contribution in [2.24, 2.45) is 11.8 Å². The Balaban J connectivity index is 2.37. The maximum Gasteiger partial charge on any atom is 0.224 e. The molecule has 1 N–H and O–H groups in total. The lowest BCUT2D eigenvalue weighted by Crippen LogP contribution is -2.36. The van der Waals surface area contributed by atoms with E-state index in [0.29, 0.717) is 18.9 Å². The summed E-state index contributed by atoms with van der Waals surface area (Å²) in [6, 6.07) is 0. The van der Waals surface area contributed by atoms with Gasteiger partial charge in [0.05, 0.1) is 17.4 Å². The van der Waals surface area contributed by atoms with Crippen LogP contribution in [0, 0.1) is 11.8 Å². The molecule has 1 heterocycles. The van der Waals surface area contributed by atoms with Gasteiger partial charge in [0.15, 0.2) is 9.84 Å². The average Bonchev–Trinajstić information content (AvgIpc) is 2.54. The van der Waals surface area contributed by atoms with E-state index in [0.717, 1.165) is 0 Å². The normalized spacial score (nSPS) is 25.6. The number of hydrogen-bond acceptors (Lipinski definition) is 3. The van der Waals surface area contributed by atoms with Gasteiger partial charge in [0.25, 0.3) is 0 Å². The number of rotatable bonds is 4. The van der Waals surface area contributed by atoms with Gasteiger partial charge in [-0.3, -0.25) is 4.79 Å². The summed E-state index contributed by atoms with van der Waals surface area (Å²) >= 11 is 3.47. The van der Waals surface area contributed by atoms with Crippen molar-refractivity contribution in [3.8, 4) is 0 Å². The Morgan fingerprint density at radius 2 is 2.12 bits per heavy atom. The minimum absolute atomic E-state index is 0.00741. The van der Waals surface area contributed by atoms with Gasteiger partial charge in [-0.25, -0.2) is 8.42 Å². The van der Waals surface area contributed by atoms with E-state index in [-0.39, 0.29) is 28.2 Å². The number of alkyl halides is 1. The summed E-state index contributed by atoms with van der Waals surface area (Å²) < 4.78 is 22.4. The van der Waals surface area contributed by atoms with E-state index in [2.05, 4.69) is 35.1 Å². The summed E-state index contributed by atoms with van der Waals surface area (Å²) in [4.78, 5) is 11.9. The molecule has 0 saturated carbocycles. The van der Waals surface area contributed by atoms with Gasteiger partial charge in [0.2, 0.25) is 5.91 Å². The lowest BCUT2D eigenvalue weighted by Gasteiger charge is -2.16. The first-order chi connectivity index (χ1) is 7.32. The van der Waals surface area contributed by atoms with Gasteiger partial charge in [-0.05, 0) is 12.3 Å². The van der Waals surface area contributed by atoms with Crippen molar-refractivity contribution < 1.29 is 13.2 Å². The molecule has 1 rings (SSSR count). The molecule has 0 aromatic heterocycles. The predicted octanol–water partition coefficient (Wildman–Crippen LogP) is 0.957. The molecule has 2 atom stereocenters. The van der Waals surface area contributed by atoms with Crippen LogP contribution in [0.25, 0.3) is 0 Å². The van der Waals surface area contributed by atoms with Crippen LogP contribution in [-0.4, -0.2) is 37.2 Å². The molecular weight excluding hydrogens is 294 g/mol. The van der Waals surface area contributed by atoms with E-state index in [1.165, 1.54) is 0 Å². The molecule has 4 nitrogen and oxygen atoms in total. The van der Waals surface area contributed by atoms with Gasteiger partial charge in [-0.15, -0.1) is 0 Å². The first-order valence-electron chi connectivity index (χ1n) is 5.44. The molecule has 1 saturated heterocycles. The smallest absolute Gasteiger partial charge is 0.224 e. The van der Waals surface area contributed by atoms with Crippen molar-refractivity contribution in [3.63, 3.8) is 0 Å². The Kier molecular flexibility index (Phi) is 4.79. The minimum Gasteiger partial charge on any atom is -0.355 e. The Bertz CT molecular complexity index is 353. The number of carbonyl (C=O) groups excluding carboxylic acids is 1. The molecule has 0 spiro atoms. The van der Waals surface area contributed by atoms with Gasteiger partial charge in [0, 0.05) is 11.4 Å². The lowest BCUT2D eigenvalue weighted by atomic mass is 10.1. The summed E-state index contributed by atoms with van der Waals surface area (Å²) in [5, 5.41) is 2.79. The maximum absolute atomic E-state index is 11.7. The zero-order valence-electron chi connectivity index (χ0n) is 9.57. The molecule has 0 aromatic rings. The Hall–Kier alpha value is -0.100. The fraction of sp³-hybridized carbons (Fsp3) is 0.900. The number of halogens is 1. The molecule has 0 aliphatic carbocycles. The van der Waals surface area contributed by atoms with E-state index < -0.39 is 9.84 Å². The lowest BCUT2D eigenvalue weighted by molar-refractivity contribution is -0.124. The third-order valence-electron chi connectivity index (χ3n) is 2.80. The Morgan fingerprint density at radius 1 is 1.50 bits per heavy atom. The molecule has 1 aliphatic heterocycles. The summed E-state index contributed by atoms with van der Waals surface area (Å²) in [6.07, 6.45) is 0.461. The highest BCUT2D eigenvalue weighted by atomic mass is 79.9. The minimum atomic E-state index is -2.97. The van der Waals surface area contributed by atoms with E-state index in [1.807, 2.05) is 0 Å². The van der Waals surface area contributed by atoms with Crippen molar-refractivity contribution in [2.45, 2.75) is 25.1 Å².